The number of carbonyl (C=O) groups is 1. The number of amides is 1. The summed E-state index contributed by atoms with van der Waals surface area (Å²) in [7, 11) is 0. The van der Waals surface area contributed by atoms with E-state index >= 15 is 0 Å². The lowest BCUT2D eigenvalue weighted by molar-refractivity contribution is -0.120. The smallest absolute Gasteiger partial charge is 0.241 e. The van der Waals surface area contributed by atoms with Gasteiger partial charge in [0.15, 0.2) is 0 Å². The molecule has 0 spiro atoms. The highest BCUT2D eigenvalue weighted by Gasteiger charge is 2.29. The molecule has 0 N–H and O–H groups in total. The van der Waals surface area contributed by atoms with Gasteiger partial charge in [0, 0.05) is 44.5 Å². The van der Waals surface area contributed by atoms with Crippen molar-refractivity contribution in [1.82, 2.24) is 9.80 Å². The number of nitrogens with zero attached hydrogens (tertiary/aromatic N) is 3. The number of hydrogen-bond acceptors (Lipinski definition) is 3. The number of piperazine rings is 1. The highest BCUT2D eigenvalue weighted by Crippen LogP contribution is 2.28. The summed E-state index contributed by atoms with van der Waals surface area (Å²) in [5.74, 6) is 0.268. The van der Waals surface area contributed by atoms with Gasteiger partial charge in [-0.1, -0.05) is 31.0 Å². The van der Waals surface area contributed by atoms with Crippen LogP contribution in [0.5, 0.6) is 0 Å². The molecule has 1 aromatic carbocycles. The van der Waals surface area contributed by atoms with Gasteiger partial charge < -0.3 is 4.90 Å². The number of para-hydroxylation sites is 1. The highest BCUT2D eigenvalue weighted by molar-refractivity contribution is 5.96. The van der Waals surface area contributed by atoms with Gasteiger partial charge in [-0.05, 0) is 30.9 Å². The molecule has 0 atom stereocenters. The fourth-order valence-corrected chi connectivity index (χ4v) is 4.43. The van der Waals surface area contributed by atoms with E-state index in [4.69, 9.17) is 0 Å². The summed E-state index contributed by atoms with van der Waals surface area (Å²) < 4.78 is 0. The van der Waals surface area contributed by atoms with Crippen LogP contribution >= 0.6 is 0 Å². The Morgan fingerprint density at radius 3 is 2.52 bits per heavy atom. The molecular formula is C19H27N3O. The van der Waals surface area contributed by atoms with Gasteiger partial charge in [0.25, 0.3) is 0 Å². The summed E-state index contributed by atoms with van der Waals surface area (Å²) in [6.45, 7) is 5.77. The number of anilines is 1. The van der Waals surface area contributed by atoms with E-state index in [1.165, 1.54) is 31.2 Å². The zero-order chi connectivity index (χ0) is 15.6. The molecule has 1 aliphatic carbocycles. The minimum Gasteiger partial charge on any atom is -0.311 e. The predicted octanol–water partition coefficient (Wildman–Crippen LogP) is 2.14. The van der Waals surface area contributed by atoms with Crippen molar-refractivity contribution >= 4 is 11.6 Å². The van der Waals surface area contributed by atoms with Gasteiger partial charge in [0.05, 0.1) is 6.54 Å². The number of benzene rings is 1. The molecule has 1 saturated heterocycles. The van der Waals surface area contributed by atoms with E-state index in [9.17, 15) is 4.79 Å². The Bertz CT molecular complexity index is 559. The van der Waals surface area contributed by atoms with E-state index in [0.717, 1.165) is 50.9 Å². The predicted molar refractivity (Wildman–Crippen MR) is 92.8 cm³/mol. The van der Waals surface area contributed by atoms with Gasteiger partial charge in [-0.3, -0.25) is 14.6 Å². The van der Waals surface area contributed by atoms with Crippen molar-refractivity contribution in [3.63, 3.8) is 0 Å². The summed E-state index contributed by atoms with van der Waals surface area (Å²) in [6, 6.07) is 9.14. The van der Waals surface area contributed by atoms with Crippen LogP contribution in [0.15, 0.2) is 24.3 Å². The quantitative estimate of drug-likeness (QED) is 0.855. The first-order valence-electron chi connectivity index (χ1n) is 9.16. The minimum atomic E-state index is 0.268. The summed E-state index contributed by atoms with van der Waals surface area (Å²) >= 11 is 0. The molecule has 2 aliphatic heterocycles. The van der Waals surface area contributed by atoms with Crippen molar-refractivity contribution in [2.75, 3.05) is 44.2 Å². The average molecular weight is 313 g/mol. The van der Waals surface area contributed by atoms with E-state index in [0.29, 0.717) is 6.54 Å². The molecule has 23 heavy (non-hydrogen) atoms. The third-order valence-electron chi connectivity index (χ3n) is 5.80. The maximum Gasteiger partial charge on any atom is 0.241 e. The van der Waals surface area contributed by atoms with Gasteiger partial charge in [-0.2, -0.15) is 0 Å². The maximum atomic E-state index is 12.7. The number of fused-ring (bicyclic) bond motifs is 1. The highest BCUT2D eigenvalue weighted by atomic mass is 16.2. The molecule has 4 heteroatoms. The first-order valence-corrected chi connectivity index (χ1v) is 9.16. The standard InChI is InChI=1S/C19H27N3O/c23-19(22-10-9-16-5-1-4-8-18(16)22)15-20-11-13-21(14-12-20)17-6-2-3-7-17/h1,4-5,8,17H,2-3,6-7,9-15H2. The average Bonchev–Trinajstić information content (AvgIpc) is 3.25. The van der Waals surface area contributed by atoms with Gasteiger partial charge in [0.1, 0.15) is 0 Å². The van der Waals surface area contributed by atoms with Crippen molar-refractivity contribution in [1.29, 1.82) is 0 Å². The lowest BCUT2D eigenvalue weighted by atomic mass is 10.2. The molecule has 124 valence electrons. The Morgan fingerprint density at radius 2 is 1.74 bits per heavy atom. The lowest BCUT2D eigenvalue weighted by Gasteiger charge is -2.38. The molecule has 0 radical (unpaired) electrons. The fourth-order valence-electron chi connectivity index (χ4n) is 4.43. The second-order valence-corrected chi connectivity index (χ2v) is 7.17. The normalized spacial score (nSPS) is 23.4. The van der Waals surface area contributed by atoms with E-state index < -0.39 is 0 Å². The molecule has 1 amide bonds. The van der Waals surface area contributed by atoms with Gasteiger partial charge in [-0.15, -0.1) is 0 Å². The van der Waals surface area contributed by atoms with Crippen LogP contribution in [0, 0.1) is 0 Å². The van der Waals surface area contributed by atoms with Crippen LogP contribution in [0.25, 0.3) is 0 Å². The molecule has 2 heterocycles. The van der Waals surface area contributed by atoms with Crippen LogP contribution in [-0.2, 0) is 11.2 Å². The molecule has 3 aliphatic rings. The van der Waals surface area contributed by atoms with Crippen molar-refractivity contribution < 1.29 is 4.79 Å². The van der Waals surface area contributed by atoms with Crippen molar-refractivity contribution in [2.45, 2.75) is 38.1 Å². The Hall–Kier alpha value is -1.39. The Balaban J connectivity index is 1.30. The van der Waals surface area contributed by atoms with Crippen molar-refractivity contribution in [3.8, 4) is 0 Å². The van der Waals surface area contributed by atoms with Crippen LogP contribution < -0.4 is 4.90 Å². The Morgan fingerprint density at radius 1 is 1.00 bits per heavy atom. The maximum absolute atomic E-state index is 12.7. The zero-order valence-electron chi connectivity index (χ0n) is 13.9. The van der Waals surface area contributed by atoms with Crippen LogP contribution in [0.4, 0.5) is 5.69 Å². The second kappa shape index (κ2) is 6.62. The number of rotatable bonds is 3. The molecular weight excluding hydrogens is 286 g/mol. The molecule has 0 unspecified atom stereocenters. The topological polar surface area (TPSA) is 26.8 Å². The molecule has 2 fully saturated rings. The Kier molecular flexibility index (Phi) is 4.36. The molecule has 0 aromatic heterocycles. The van der Waals surface area contributed by atoms with Gasteiger partial charge in [0.2, 0.25) is 5.91 Å². The van der Waals surface area contributed by atoms with E-state index in [1.807, 2.05) is 11.0 Å². The number of hydrogen-bond donors (Lipinski definition) is 0. The SMILES string of the molecule is O=C(CN1CCN(C2CCCC2)CC1)N1CCc2ccccc21. The number of carbonyl (C=O) groups excluding carboxylic acids is 1. The van der Waals surface area contributed by atoms with E-state index in [1.54, 1.807) is 0 Å². The molecule has 4 nitrogen and oxygen atoms in total. The second-order valence-electron chi connectivity index (χ2n) is 7.17. The first kappa shape index (κ1) is 15.2. The summed E-state index contributed by atoms with van der Waals surface area (Å²) in [5.41, 5.74) is 2.44. The van der Waals surface area contributed by atoms with E-state index in [-0.39, 0.29) is 5.91 Å². The summed E-state index contributed by atoms with van der Waals surface area (Å²) in [6.07, 6.45) is 6.56. The monoisotopic (exact) mass is 313 g/mol. The fraction of sp³-hybridized carbons (Fsp3) is 0.632. The van der Waals surface area contributed by atoms with Gasteiger partial charge in [-0.25, -0.2) is 0 Å². The zero-order valence-corrected chi connectivity index (χ0v) is 13.9. The summed E-state index contributed by atoms with van der Waals surface area (Å²) in [4.78, 5) is 19.7. The van der Waals surface area contributed by atoms with Crippen molar-refractivity contribution in [3.05, 3.63) is 29.8 Å². The summed E-state index contributed by atoms with van der Waals surface area (Å²) in [5, 5.41) is 0. The molecule has 1 aromatic rings. The van der Waals surface area contributed by atoms with Crippen LogP contribution in [-0.4, -0.2) is 61.0 Å². The van der Waals surface area contributed by atoms with Crippen LogP contribution in [0.2, 0.25) is 0 Å². The van der Waals surface area contributed by atoms with Gasteiger partial charge >= 0.3 is 0 Å². The molecule has 1 saturated carbocycles. The first-order chi connectivity index (χ1) is 11.3. The van der Waals surface area contributed by atoms with E-state index in [2.05, 4.69) is 28.0 Å². The molecule has 0 bridgehead atoms. The minimum absolute atomic E-state index is 0.268. The third-order valence-corrected chi connectivity index (χ3v) is 5.80. The van der Waals surface area contributed by atoms with Crippen molar-refractivity contribution in [2.24, 2.45) is 0 Å². The lowest BCUT2D eigenvalue weighted by Crippen LogP contribution is -2.52. The van der Waals surface area contributed by atoms with Crippen LogP contribution in [0.1, 0.15) is 31.2 Å². The molecule has 4 rings (SSSR count). The van der Waals surface area contributed by atoms with Crippen LogP contribution in [0.3, 0.4) is 0 Å². The Labute approximate surface area is 139 Å². The largest absolute Gasteiger partial charge is 0.311 e. The third kappa shape index (κ3) is 3.15.